The van der Waals surface area contributed by atoms with Crippen LogP contribution in [0.2, 0.25) is 0 Å². The number of aromatic amines is 2. The number of allylic oxidation sites excluding steroid dienone is 1. The molecular formula is C23H27N3O. The smallest absolute Gasteiger partial charge is 0.146 e. The number of aromatic nitrogens is 2. The van der Waals surface area contributed by atoms with E-state index >= 15 is 0 Å². The number of ether oxygens (including phenoxy) is 1. The molecule has 4 heteroatoms. The molecule has 0 amide bonds. The van der Waals surface area contributed by atoms with Gasteiger partial charge in [-0.1, -0.05) is 6.92 Å². The lowest BCUT2D eigenvalue weighted by atomic mass is 9.71. The minimum atomic E-state index is 0.662. The molecule has 3 aliphatic rings. The summed E-state index contributed by atoms with van der Waals surface area (Å²) < 4.78 is 5.64. The summed E-state index contributed by atoms with van der Waals surface area (Å²) in [6.07, 6.45) is 13.9. The lowest BCUT2D eigenvalue weighted by Crippen LogP contribution is -2.17. The Bertz CT molecular complexity index is 943. The molecule has 0 radical (unpaired) electrons. The third-order valence-electron chi connectivity index (χ3n) is 6.48. The van der Waals surface area contributed by atoms with E-state index in [-0.39, 0.29) is 0 Å². The number of aliphatic imine (C=N–C) groups is 1. The first kappa shape index (κ1) is 16.7. The minimum Gasteiger partial charge on any atom is -0.494 e. The highest BCUT2D eigenvalue weighted by Crippen LogP contribution is 2.48. The van der Waals surface area contributed by atoms with Crippen molar-refractivity contribution >= 4 is 11.8 Å². The fourth-order valence-corrected chi connectivity index (χ4v) is 5.18. The van der Waals surface area contributed by atoms with Crippen molar-refractivity contribution < 1.29 is 4.74 Å². The highest BCUT2D eigenvalue weighted by Gasteiger charge is 2.34. The van der Waals surface area contributed by atoms with E-state index in [0.29, 0.717) is 5.92 Å². The van der Waals surface area contributed by atoms with Gasteiger partial charge in [0.2, 0.25) is 0 Å². The molecule has 0 saturated heterocycles. The predicted octanol–water partition coefficient (Wildman–Crippen LogP) is 5.42. The van der Waals surface area contributed by atoms with Crippen LogP contribution in [0, 0.1) is 0 Å². The first-order valence-electron chi connectivity index (χ1n) is 10.2. The van der Waals surface area contributed by atoms with Crippen molar-refractivity contribution in [3.63, 3.8) is 0 Å². The molecule has 2 atom stereocenters. The van der Waals surface area contributed by atoms with Crippen LogP contribution in [0.1, 0.15) is 79.1 Å². The number of nitrogens with zero attached hydrogens (tertiary/aromatic N) is 1. The molecule has 4 nitrogen and oxygen atoms in total. The lowest BCUT2D eigenvalue weighted by Gasteiger charge is -2.32. The Morgan fingerprint density at radius 1 is 1.26 bits per heavy atom. The van der Waals surface area contributed by atoms with Gasteiger partial charge in [-0.05, 0) is 79.7 Å². The zero-order valence-corrected chi connectivity index (χ0v) is 16.1. The summed E-state index contributed by atoms with van der Waals surface area (Å²) in [5, 5.41) is 0. The van der Waals surface area contributed by atoms with E-state index in [1.54, 1.807) is 18.2 Å². The standard InChI is InChI=1S/C23H27N3O/c1-3-14-9-10-15-6-4-7-17-23(15)22(14)20(25-17)12-19-21(27-2)13-18(26-19)16-8-5-11-24-16/h5,8,11-15,24-25H,3-4,6-7,9-10H2,1-2H3/b19-12+. The summed E-state index contributed by atoms with van der Waals surface area (Å²) in [5.74, 6) is 2.25. The largest absolute Gasteiger partial charge is 0.494 e. The predicted molar refractivity (Wildman–Crippen MR) is 109 cm³/mol. The van der Waals surface area contributed by atoms with Gasteiger partial charge in [-0.2, -0.15) is 0 Å². The number of nitrogens with one attached hydrogen (secondary N) is 2. The zero-order valence-electron chi connectivity index (χ0n) is 16.1. The van der Waals surface area contributed by atoms with E-state index in [9.17, 15) is 0 Å². The maximum atomic E-state index is 5.64. The second-order valence-corrected chi connectivity index (χ2v) is 7.94. The molecule has 2 aromatic heterocycles. The molecular weight excluding hydrogens is 334 g/mol. The van der Waals surface area contributed by atoms with Crippen molar-refractivity contribution in [1.29, 1.82) is 0 Å². The normalized spacial score (nSPS) is 25.3. The number of H-pyrrole nitrogens is 2. The molecule has 1 aliphatic heterocycles. The van der Waals surface area contributed by atoms with Crippen LogP contribution in [0.4, 0.5) is 0 Å². The van der Waals surface area contributed by atoms with Crippen LogP contribution < -0.4 is 0 Å². The summed E-state index contributed by atoms with van der Waals surface area (Å²) in [5.41, 5.74) is 8.79. The van der Waals surface area contributed by atoms with Crippen LogP contribution in [0.15, 0.2) is 40.9 Å². The van der Waals surface area contributed by atoms with Crippen molar-refractivity contribution in [2.24, 2.45) is 4.99 Å². The summed E-state index contributed by atoms with van der Waals surface area (Å²) in [4.78, 5) is 11.9. The number of methoxy groups -OCH3 is 1. The molecule has 27 heavy (non-hydrogen) atoms. The third kappa shape index (κ3) is 2.70. The van der Waals surface area contributed by atoms with Crippen LogP contribution in [0.25, 0.3) is 6.08 Å². The lowest BCUT2D eigenvalue weighted by molar-refractivity contribution is 0.303. The van der Waals surface area contributed by atoms with Gasteiger partial charge in [-0.3, -0.25) is 0 Å². The van der Waals surface area contributed by atoms with Crippen molar-refractivity contribution in [2.45, 2.75) is 57.3 Å². The van der Waals surface area contributed by atoms with Gasteiger partial charge in [-0.25, -0.2) is 4.99 Å². The zero-order chi connectivity index (χ0) is 18.4. The summed E-state index contributed by atoms with van der Waals surface area (Å²) >= 11 is 0. The van der Waals surface area contributed by atoms with E-state index in [1.165, 1.54) is 49.9 Å². The van der Waals surface area contributed by atoms with E-state index in [0.717, 1.165) is 28.8 Å². The Morgan fingerprint density at radius 2 is 2.19 bits per heavy atom. The topological polar surface area (TPSA) is 53.2 Å². The first-order valence-corrected chi connectivity index (χ1v) is 10.2. The second-order valence-electron chi connectivity index (χ2n) is 7.94. The number of rotatable bonds is 4. The quantitative estimate of drug-likeness (QED) is 0.750. The maximum absolute atomic E-state index is 5.64. The van der Waals surface area contributed by atoms with E-state index in [4.69, 9.17) is 9.73 Å². The molecule has 0 fully saturated rings. The molecule has 2 unspecified atom stereocenters. The van der Waals surface area contributed by atoms with Crippen LogP contribution in [-0.2, 0) is 11.2 Å². The summed E-state index contributed by atoms with van der Waals surface area (Å²) in [6.45, 7) is 2.32. The molecule has 0 spiro atoms. The molecule has 140 valence electrons. The van der Waals surface area contributed by atoms with Gasteiger partial charge in [0.05, 0.1) is 18.5 Å². The Hall–Kier alpha value is -2.49. The van der Waals surface area contributed by atoms with E-state index in [2.05, 4.69) is 23.0 Å². The Morgan fingerprint density at radius 3 is 2.96 bits per heavy atom. The molecule has 0 saturated carbocycles. The van der Waals surface area contributed by atoms with Gasteiger partial charge in [0, 0.05) is 23.7 Å². The average molecular weight is 361 g/mol. The highest BCUT2D eigenvalue weighted by atomic mass is 16.5. The molecule has 0 aromatic carbocycles. The highest BCUT2D eigenvalue weighted by molar-refractivity contribution is 6.11. The third-order valence-corrected chi connectivity index (χ3v) is 6.48. The first-order chi connectivity index (χ1) is 13.3. The Kier molecular flexibility index (Phi) is 4.07. The monoisotopic (exact) mass is 361 g/mol. The molecule has 5 rings (SSSR count). The van der Waals surface area contributed by atoms with Gasteiger partial charge in [-0.15, -0.1) is 0 Å². The molecule has 0 bridgehead atoms. The van der Waals surface area contributed by atoms with Gasteiger partial charge in [0.25, 0.3) is 0 Å². The number of hydrogen-bond acceptors (Lipinski definition) is 2. The fraction of sp³-hybridized carbons (Fsp3) is 0.435. The van der Waals surface area contributed by atoms with Crippen molar-refractivity contribution in [3.8, 4) is 0 Å². The van der Waals surface area contributed by atoms with Crippen molar-refractivity contribution in [1.82, 2.24) is 9.97 Å². The minimum absolute atomic E-state index is 0.662. The van der Waals surface area contributed by atoms with E-state index < -0.39 is 0 Å². The van der Waals surface area contributed by atoms with Gasteiger partial charge in [0.1, 0.15) is 11.5 Å². The molecule has 2 N–H and O–H groups in total. The Labute approximate surface area is 160 Å². The van der Waals surface area contributed by atoms with Gasteiger partial charge >= 0.3 is 0 Å². The Balaban J connectivity index is 1.61. The summed E-state index contributed by atoms with van der Waals surface area (Å²) in [6, 6.07) is 4.04. The fourth-order valence-electron chi connectivity index (χ4n) is 5.18. The van der Waals surface area contributed by atoms with Crippen LogP contribution in [0.5, 0.6) is 0 Å². The van der Waals surface area contributed by atoms with Crippen LogP contribution in [-0.4, -0.2) is 22.8 Å². The SMILES string of the molecule is CCC1CCC2CCCc3[nH]c(/C=C4/N=C(c5ccc[nH]5)C=C4OC)c1c32. The van der Waals surface area contributed by atoms with Gasteiger partial charge < -0.3 is 14.7 Å². The van der Waals surface area contributed by atoms with Gasteiger partial charge in [0.15, 0.2) is 0 Å². The second kappa shape index (κ2) is 6.59. The molecule has 2 aromatic rings. The summed E-state index contributed by atoms with van der Waals surface area (Å²) in [7, 11) is 1.72. The molecule has 2 aliphatic carbocycles. The number of aryl methyl sites for hydroxylation is 1. The molecule has 3 heterocycles. The maximum Gasteiger partial charge on any atom is 0.146 e. The van der Waals surface area contributed by atoms with E-state index in [1.807, 2.05) is 24.4 Å². The van der Waals surface area contributed by atoms with Crippen molar-refractivity contribution in [2.75, 3.05) is 7.11 Å². The average Bonchev–Trinajstić information content (AvgIpc) is 3.42. The van der Waals surface area contributed by atoms with Crippen molar-refractivity contribution in [3.05, 3.63) is 64.1 Å². The van der Waals surface area contributed by atoms with Crippen LogP contribution in [0.3, 0.4) is 0 Å². The van der Waals surface area contributed by atoms with Crippen LogP contribution >= 0.6 is 0 Å². The number of hydrogen-bond donors (Lipinski definition) is 2.